The lowest BCUT2D eigenvalue weighted by Crippen LogP contribution is -1.84. The fraction of sp³-hybridized carbons (Fsp3) is 0.143. The van der Waals surface area contributed by atoms with Gasteiger partial charge in [-0.1, -0.05) is 11.8 Å². The predicted octanol–water partition coefficient (Wildman–Crippen LogP) is 1.53. The molecule has 0 saturated carbocycles. The average molecular weight is 181 g/mol. The Bertz CT molecular complexity index is 412. The van der Waals surface area contributed by atoms with Crippen molar-refractivity contribution >= 4 is 28.7 Å². The second-order valence-electron chi connectivity index (χ2n) is 2.28. The molecule has 0 aliphatic heterocycles. The molecular weight excluding hydrogens is 174 g/mol. The highest BCUT2D eigenvalue weighted by atomic mass is 32.2. The number of rotatable bonds is 1. The zero-order valence-corrected chi connectivity index (χ0v) is 7.26. The molecule has 0 spiro atoms. The second kappa shape index (κ2) is 2.67. The van der Waals surface area contributed by atoms with Crippen LogP contribution in [0.3, 0.4) is 0 Å². The lowest BCUT2D eigenvalue weighted by atomic mass is 10.4. The van der Waals surface area contributed by atoms with Crippen molar-refractivity contribution in [2.45, 2.75) is 5.22 Å². The molecule has 4 nitrogen and oxygen atoms in total. The first-order valence-corrected chi connectivity index (χ1v) is 4.58. The maximum absolute atomic E-state index is 5.52. The fourth-order valence-electron chi connectivity index (χ4n) is 0.906. The zero-order chi connectivity index (χ0) is 8.55. The Balaban J connectivity index is 2.67. The van der Waals surface area contributed by atoms with Crippen LogP contribution in [0.1, 0.15) is 0 Å². The second-order valence-corrected chi connectivity index (χ2v) is 3.03. The number of hydrogen-bond donors (Lipinski definition) is 1. The number of hydrogen-bond acceptors (Lipinski definition) is 5. The van der Waals surface area contributed by atoms with Crippen LogP contribution in [0.2, 0.25) is 0 Å². The SMILES string of the molecule is CSc1nc2cc(N)cnc2o1. The van der Waals surface area contributed by atoms with Crippen molar-refractivity contribution in [2.75, 3.05) is 12.0 Å². The third-order valence-corrected chi connectivity index (χ3v) is 1.95. The molecular formula is C7H7N3OS. The van der Waals surface area contributed by atoms with Crippen molar-refractivity contribution < 1.29 is 4.42 Å². The molecule has 0 bridgehead atoms. The van der Waals surface area contributed by atoms with E-state index >= 15 is 0 Å². The number of aromatic nitrogens is 2. The quantitative estimate of drug-likeness (QED) is 0.676. The van der Waals surface area contributed by atoms with Gasteiger partial charge in [0.15, 0.2) is 0 Å². The van der Waals surface area contributed by atoms with Crippen LogP contribution in [0.25, 0.3) is 11.2 Å². The van der Waals surface area contributed by atoms with Crippen molar-refractivity contribution in [2.24, 2.45) is 0 Å². The van der Waals surface area contributed by atoms with Gasteiger partial charge in [-0.05, 0) is 12.3 Å². The van der Waals surface area contributed by atoms with Gasteiger partial charge in [-0.15, -0.1) is 0 Å². The maximum atomic E-state index is 5.52. The van der Waals surface area contributed by atoms with Crippen LogP contribution >= 0.6 is 11.8 Å². The normalized spacial score (nSPS) is 10.8. The molecule has 0 atom stereocenters. The summed E-state index contributed by atoms with van der Waals surface area (Å²) >= 11 is 1.44. The third-order valence-electron chi connectivity index (χ3n) is 1.42. The van der Waals surface area contributed by atoms with Crippen LogP contribution < -0.4 is 5.73 Å². The Morgan fingerprint density at radius 1 is 1.58 bits per heavy atom. The first kappa shape index (κ1) is 7.42. The van der Waals surface area contributed by atoms with Gasteiger partial charge in [-0.25, -0.2) is 9.97 Å². The number of nitrogens with zero attached hydrogens (tertiary/aromatic N) is 2. The van der Waals surface area contributed by atoms with Crippen molar-refractivity contribution in [1.82, 2.24) is 9.97 Å². The van der Waals surface area contributed by atoms with Gasteiger partial charge in [0.1, 0.15) is 5.52 Å². The number of nitrogen functional groups attached to an aromatic ring is 1. The molecule has 0 radical (unpaired) electrons. The highest BCUT2D eigenvalue weighted by Gasteiger charge is 2.04. The minimum atomic E-state index is 0.536. The monoisotopic (exact) mass is 181 g/mol. The molecule has 2 heterocycles. The smallest absolute Gasteiger partial charge is 0.258 e. The van der Waals surface area contributed by atoms with E-state index in [0.29, 0.717) is 22.1 Å². The molecule has 0 fully saturated rings. The Labute approximate surface area is 73.2 Å². The zero-order valence-electron chi connectivity index (χ0n) is 6.44. The van der Waals surface area contributed by atoms with E-state index in [0.717, 1.165) is 0 Å². The molecule has 2 aromatic heterocycles. The summed E-state index contributed by atoms with van der Waals surface area (Å²) in [5.74, 6) is 0. The van der Waals surface area contributed by atoms with Gasteiger partial charge in [0, 0.05) is 0 Å². The molecule has 2 aromatic rings. The van der Waals surface area contributed by atoms with Crippen LogP contribution in [-0.4, -0.2) is 16.2 Å². The van der Waals surface area contributed by atoms with E-state index in [-0.39, 0.29) is 0 Å². The van der Waals surface area contributed by atoms with E-state index in [4.69, 9.17) is 10.2 Å². The lowest BCUT2D eigenvalue weighted by Gasteiger charge is -1.87. The Kier molecular flexibility index (Phi) is 1.65. The Morgan fingerprint density at radius 3 is 3.17 bits per heavy atom. The number of fused-ring (bicyclic) bond motifs is 1. The minimum Gasteiger partial charge on any atom is -0.412 e. The Hall–Kier alpha value is -1.23. The highest BCUT2D eigenvalue weighted by Crippen LogP contribution is 2.20. The summed E-state index contributed by atoms with van der Waals surface area (Å²) in [6.45, 7) is 0. The summed E-state index contributed by atoms with van der Waals surface area (Å²) in [7, 11) is 0. The van der Waals surface area contributed by atoms with Gasteiger partial charge in [0.2, 0.25) is 5.71 Å². The number of nitrogens with two attached hydrogens (primary N) is 1. The van der Waals surface area contributed by atoms with Crippen molar-refractivity contribution in [3.8, 4) is 0 Å². The Morgan fingerprint density at radius 2 is 2.42 bits per heavy atom. The van der Waals surface area contributed by atoms with E-state index < -0.39 is 0 Å². The molecule has 5 heteroatoms. The van der Waals surface area contributed by atoms with E-state index in [2.05, 4.69) is 9.97 Å². The van der Waals surface area contributed by atoms with Crippen LogP contribution in [0.5, 0.6) is 0 Å². The van der Waals surface area contributed by atoms with Crippen LogP contribution in [0, 0.1) is 0 Å². The molecule has 0 amide bonds. The van der Waals surface area contributed by atoms with Crippen molar-refractivity contribution in [3.63, 3.8) is 0 Å². The molecule has 62 valence electrons. The van der Waals surface area contributed by atoms with Crippen LogP contribution in [-0.2, 0) is 0 Å². The highest BCUT2D eigenvalue weighted by molar-refractivity contribution is 7.98. The number of pyridine rings is 1. The average Bonchev–Trinajstić information content (AvgIpc) is 2.46. The largest absolute Gasteiger partial charge is 0.412 e. The first-order valence-electron chi connectivity index (χ1n) is 3.35. The van der Waals surface area contributed by atoms with E-state index in [1.807, 2.05) is 6.26 Å². The van der Waals surface area contributed by atoms with Gasteiger partial charge < -0.3 is 10.2 Å². The standard InChI is InChI=1S/C7H7N3OS/c1-12-7-10-5-2-4(8)3-9-6(5)11-7/h2-3H,8H2,1H3. The number of thioether (sulfide) groups is 1. The first-order chi connectivity index (χ1) is 5.79. The topological polar surface area (TPSA) is 64.9 Å². The van der Waals surface area contributed by atoms with Crippen LogP contribution in [0.4, 0.5) is 5.69 Å². The predicted molar refractivity (Wildman–Crippen MR) is 48.0 cm³/mol. The maximum Gasteiger partial charge on any atom is 0.258 e. The molecule has 0 aliphatic rings. The fourth-order valence-corrected chi connectivity index (χ4v) is 1.26. The van der Waals surface area contributed by atoms with Gasteiger partial charge >= 0.3 is 0 Å². The summed E-state index contributed by atoms with van der Waals surface area (Å²) < 4.78 is 5.26. The molecule has 0 aromatic carbocycles. The summed E-state index contributed by atoms with van der Waals surface area (Å²) in [6, 6.07) is 1.74. The van der Waals surface area contributed by atoms with Crippen molar-refractivity contribution in [1.29, 1.82) is 0 Å². The summed E-state index contributed by atoms with van der Waals surface area (Å²) in [5, 5.41) is 0.614. The van der Waals surface area contributed by atoms with Gasteiger partial charge in [-0.3, -0.25) is 0 Å². The number of oxazole rings is 1. The van der Waals surface area contributed by atoms with Crippen molar-refractivity contribution in [3.05, 3.63) is 12.3 Å². The summed E-state index contributed by atoms with van der Waals surface area (Å²) in [6.07, 6.45) is 3.45. The third kappa shape index (κ3) is 1.12. The lowest BCUT2D eigenvalue weighted by molar-refractivity contribution is 0.482. The molecule has 0 saturated heterocycles. The summed E-state index contributed by atoms with van der Waals surface area (Å²) in [4.78, 5) is 8.13. The van der Waals surface area contributed by atoms with Gasteiger partial charge in [0.05, 0.1) is 11.9 Å². The van der Waals surface area contributed by atoms with E-state index in [1.165, 1.54) is 11.8 Å². The van der Waals surface area contributed by atoms with Gasteiger partial charge in [-0.2, -0.15) is 0 Å². The molecule has 12 heavy (non-hydrogen) atoms. The van der Waals surface area contributed by atoms with E-state index in [9.17, 15) is 0 Å². The number of anilines is 1. The van der Waals surface area contributed by atoms with Crippen LogP contribution in [0.15, 0.2) is 21.9 Å². The summed E-state index contributed by atoms with van der Waals surface area (Å²) in [5.41, 5.74) is 7.37. The van der Waals surface area contributed by atoms with E-state index in [1.54, 1.807) is 12.3 Å². The van der Waals surface area contributed by atoms with Gasteiger partial charge in [0.25, 0.3) is 5.22 Å². The minimum absolute atomic E-state index is 0.536. The molecule has 0 unspecified atom stereocenters. The molecule has 2 N–H and O–H groups in total. The molecule has 0 aliphatic carbocycles. The molecule has 2 rings (SSSR count).